The minimum absolute atomic E-state index is 0.0651. The SMILES string of the molecule is CC1C2CCC(C2)C1C(N)=O. The summed E-state index contributed by atoms with van der Waals surface area (Å²) in [6, 6.07) is 0. The molecule has 4 atom stereocenters. The van der Waals surface area contributed by atoms with Crippen LogP contribution >= 0.6 is 0 Å². The molecular formula is C9H15NO. The highest BCUT2D eigenvalue weighted by Gasteiger charge is 2.47. The standard InChI is InChI=1S/C9H15NO/c1-5-6-2-3-7(4-6)8(5)9(10)11/h5-8H,2-4H2,1H3,(H2,10,11). The lowest BCUT2D eigenvalue weighted by Crippen LogP contribution is -2.32. The van der Waals surface area contributed by atoms with E-state index in [0.29, 0.717) is 11.8 Å². The molecule has 62 valence electrons. The van der Waals surface area contributed by atoms with Crippen molar-refractivity contribution in [2.45, 2.75) is 26.2 Å². The number of fused-ring (bicyclic) bond motifs is 2. The lowest BCUT2D eigenvalue weighted by Gasteiger charge is -2.24. The Bertz CT molecular complexity index is 188. The van der Waals surface area contributed by atoms with Gasteiger partial charge in [-0.05, 0) is 37.0 Å². The number of carbonyl (C=O) groups excluding carboxylic acids is 1. The van der Waals surface area contributed by atoms with E-state index in [-0.39, 0.29) is 11.8 Å². The Kier molecular flexibility index (Phi) is 1.44. The highest BCUT2D eigenvalue weighted by molar-refractivity contribution is 5.77. The third kappa shape index (κ3) is 0.883. The number of primary amides is 1. The molecule has 2 fully saturated rings. The van der Waals surface area contributed by atoms with E-state index < -0.39 is 0 Å². The van der Waals surface area contributed by atoms with Gasteiger partial charge in [-0.3, -0.25) is 4.79 Å². The average Bonchev–Trinajstić information content (AvgIpc) is 2.44. The summed E-state index contributed by atoms with van der Waals surface area (Å²) in [5.41, 5.74) is 5.34. The third-order valence-corrected chi connectivity index (χ3v) is 3.66. The molecular weight excluding hydrogens is 138 g/mol. The number of amides is 1. The van der Waals surface area contributed by atoms with Crippen LogP contribution in [-0.4, -0.2) is 5.91 Å². The van der Waals surface area contributed by atoms with Gasteiger partial charge >= 0.3 is 0 Å². The van der Waals surface area contributed by atoms with E-state index in [2.05, 4.69) is 6.92 Å². The molecule has 0 aromatic carbocycles. The van der Waals surface area contributed by atoms with Crippen molar-refractivity contribution in [1.29, 1.82) is 0 Å². The second-order valence-electron chi connectivity index (χ2n) is 4.12. The summed E-state index contributed by atoms with van der Waals surface area (Å²) >= 11 is 0. The number of hydrogen-bond donors (Lipinski definition) is 1. The van der Waals surface area contributed by atoms with E-state index in [1.54, 1.807) is 0 Å². The van der Waals surface area contributed by atoms with Crippen LogP contribution in [0.25, 0.3) is 0 Å². The van der Waals surface area contributed by atoms with Gasteiger partial charge in [-0.2, -0.15) is 0 Å². The zero-order chi connectivity index (χ0) is 8.01. The van der Waals surface area contributed by atoms with Crippen molar-refractivity contribution >= 4 is 5.91 Å². The van der Waals surface area contributed by atoms with Crippen molar-refractivity contribution in [3.05, 3.63) is 0 Å². The molecule has 2 aliphatic rings. The first-order valence-electron chi connectivity index (χ1n) is 4.49. The fourth-order valence-electron chi connectivity index (χ4n) is 3.07. The van der Waals surface area contributed by atoms with E-state index in [1.165, 1.54) is 19.3 Å². The van der Waals surface area contributed by atoms with Gasteiger partial charge in [0.15, 0.2) is 0 Å². The van der Waals surface area contributed by atoms with E-state index in [0.717, 1.165) is 5.92 Å². The molecule has 2 bridgehead atoms. The zero-order valence-electron chi connectivity index (χ0n) is 6.92. The molecule has 0 aliphatic heterocycles. The largest absolute Gasteiger partial charge is 0.369 e. The fraction of sp³-hybridized carbons (Fsp3) is 0.889. The van der Waals surface area contributed by atoms with Crippen LogP contribution in [0.4, 0.5) is 0 Å². The Hall–Kier alpha value is -0.530. The van der Waals surface area contributed by atoms with Crippen LogP contribution in [0.5, 0.6) is 0 Å². The van der Waals surface area contributed by atoms with E-state index in [9.17, 15) is 4.79 Å². The van der Waals surface area contributed by atoms with Gasteiger partial charge in [-0.15, -0.1) is 0 Å². The molecule has 0 radical (unpaired) electrons. The van der Waals surface area contributed by atoms with Crippen molar-refractivity contribution in [3.63, 3.8) is 0 Å². The quantitative estimate of drug-likeness (QED) is 0.603. The monoisotopic (exact) mass is 153 g/mol. The molecule has 0 aromatic rings. The van der Waals surface area contributed by atoms with Crippen LogP contribution < -0.4 is 5.73 Å². The fourth-order valence-corrected chi connectivity index (χ4v) is 3.07. The van der Waals surface area contributed by atoms with Gasteiger partial charge in [0.2, 0.25) is 5.91 Å². The molecule has 0 heterocycles. The Morgan fingerprint density at radius 1 is 1.36 bits per heavy atom. The lowest BCUT2D eigenvalue weighted by atomic mass is 9.80. The topological polar surface area (TPSA) is 43.1 Å². The summed E-state index contributed by atoms with van der Waals surface area (Å²) in [5, 5.41) is 0. The van der Waals surface area contributed by atoms with Gasteiger partial charge in [0, 0.05) is 5.92 Å². The van der Waals surface area contributed by atoms with E-state index in [4.69, 9.17) is 5.73 Å². The van der Waals surface area contributed by atoms with Crippen LogP contribution in [0.3, 0.4) is 0 Å². The summed E-state index contributed by atoms with van der Waals surface area (Å²) < 4.78 is 0. The Balaban J connectivity index is 2.17. The van der Waals surface area contributed by atoms with Crippen LogP contribution in [0, 0.1) is 23.7 Å². The number of carbonyl (C=O) groups is 1. The van der Waals surface area contributed by atoms with Gasteiger partial charge in [0.05, 0.1) is 0 Å². The number of rotatable bonds is 1. The Morgan fingerprint density at radius 3 is 2.36 bits per heavy atom. The van der Waals surface area contributed by atoms with Crippen molar-refractivity contribution < 1.29 is 4.79 Å². The normalized spacial score (nSPS) is 48.1. The number of hydrogen-bond acceptors (Lipinski definition) is 1. The maximum Gasteiger partial charge on any atom is 0.221 e. The molecule has 4 unspecified atom stereocenters. The molecule has 2 nitrogen and oxygen atoms in total. The van der Waals surface area contributed by atoms with Gasteiger partial charge in [-0.1, -0.05) is 6.92 Å². The van der Waals surface area contributed by atoms with Gasteiger partial charge < -0.3 is 5.73 Å². The first kappa shape index (κ1) is 7.14. The van der Waals surface area contributed by atoms with Crippen molar-refractivity contribution in [3.8, 4) is 0 Å². The molecule has 2 rings (SSSR count). The summed E-state index contributed by atoms with van der Waals surface area (Å²) in [4.78, 5) is 11.0. The summed E-state index contributed by atoms with van der Waals surface area (Å²) in [6.45, 7) is 2.18. The van der Waals surface area contributed by atoms with Crippen molar-refractivity contribution in [2.75, 3.05) is 0 Å². The average molecular weight is 153 g/mol. The minimum atomic E-state index is -0.0651. The first-order valence-corrected chi connectivity index (χ1v) is 4.49. The van der Waals surface area contributed by atoms with Crippen LogP contribution in [0.2, 0.25) is 0 Å². The predicted molar refractivity (Wildman–Crippen MR) is 42.7 cm³/mol. The summed E-state index contributed by atoms with van der Waals surface area (Å²) in [5.74, 6) is 2.13. The Morgan fingerprint density at radius 2 is 2.00 bits per heavy atom. The molecule has 0 spiro atoms. The van der Waals surface area contributed by atoms with Crippen molar-refractivity contribution in [2.24, 2.45) is 29.4 Å². The molecule has 2 heteroatoms. The third-order valence-electron chi connectivity index (χ3n) is 3.66. The summed E-state index contributed by atoms with van der Waals surface area (Å²) in [7, 11) is 0. The van der Waals surface area contributed by atoms with Gasteiger partial charge in [0.25, 0.3) is 0 Å². The second kappa shape index (κ2) is 2.23. The predicted octanol–water partition coefficient (Wildman–Crippen LogP) is 1.15. The molecule has 0 aromatic heterocycles. The molecule has 11 heavy (non-hydrogen) atoms. The molecule has 2 N–H and O–H groups in total. The number of nitrogens with two attached hydrogens (primary N) is 1. The smallest absolute Gasteiger partial charge is 0.221 e. The summed E-state index contributed by atoms with van der Waals surface area (Å²) in [6.07, 6.45) is 3.83. The molecule has 0 saturated heterocycles. The van der Waals surface area contributed by atoms with Gasteiger partial charge in [0.1, 0.15) is 0 Å². The van der Waals surface area contributed by atoms with E-state index >= 15 is 0 Å². The maximum atomic E-state index is 11.0. The van der Waals surface area contributed by atoms with Crippen LogP contribution in [0.1, 0.15) is 26.2 Å². The highest BCUT2D eigenvalue weighted by Crippen LogP contribution is 2.51. The second-order valence-corrected chi connectivity index (χ2v) is 4.12. The molecule has 1 amide bonds. The molecule has 2 aliphatic carbocycles. The highest BCUT2D eigenvalue weighted by atomic mass is 16.1. The maximum absolute atomic E-state index is 11.0. The molecule has 2 saturated carbocycles. The minimum Gasteiger partial charge on any atom is -0.369 e. The Labute approximate surface area is 67.1 Å². The first-order chi connectivity index (χ1) is 5.20. The van der Waals surface area contributed by atoms with Crippen LogP contribution in [0.15, 0.2) is 0 Å². The zero-order valence-corrected chi connectivity index (χ0v) is 6.92. The lowest BCUT2D eigenvalue weighted by molar-refractivity contribution is -0.124. The van der Waals surface area contributed by atoms with E-state index in [1.807, 2.05) is 0 Å². The van der Waals surface area contributed by atoms with Crippen molar-refractivity contribution in [1.82, 2.24) is 0 Å². The van der Waals surface area contributed by atoms with Crippen LogP contribution in [-0.2, 0) is 4.79 Å². The van der Waals surface area contributed by atoms with Gasteiger partial charge in [-0.25, -0.2) is 0 Å².